The fraction of sp³-hybridized carbons (Fsp3) is 0.600. The molecule has 104 valence electrons. The van der Waals surface area contributed by atoms with Gasteiger partial charge in [0, 0.05) is 23.1 Å². The molecule has 0 N–H and O–H groups in total. The summed E-state index contributed by atoms with van der Waals surface area (Å²) in [5.41, 5.74) is 1.20. The van der Waals surface area contributed by atoms with E-state index >= 15 is 0 Å². The van der Waals surface area contributed by atoms with Crippen molar-refractivity contribution in [1.82, 2.24) is 9.88 Å². The van der Waals surface area contributed by atoms with Crippen molar-refractivity contribution in [1.29, 1.82) is 0 Å². The van der Waals surface area contributed by atoms with Crippen LogP contribution in [-0.4, -0.2) is 27.6 Å². The Balaban J connectivity index is 2.30. The van der Waals surface area contributed by atoms with Crippen molar-refractivity contribution < 1.29 is 4.79 Å². The van der Waals surface area contributed by atoms with Gasteiger partial charge in [-0.25, -0.2) is 4.98 Å². The first-order chi connectivity index (χ1) is 9.01. The highest BCUT2D eigenvalue weighted by atomic mass is 32.2. The smallest absolute Gasteiger partial charge is 0.210 e. The molecule has 3 nitrogen and oxygen atoms in total. The van der Waals surface area contributed by atoms with Crippen molar-refractivity contribution in [2.24, 2.45) is 0 Å². The van der Waals surface area contributed by atoms with Gasteiger partial charge in [-0.1, -0.05) is 26.8 Å². The number of thioether (sulfide) groups is 1. The lowest BCUT2D eigenvalue weighted by Gasteiger charge is -2.34. The Kier molecular flexibility index (Phi) is 4.50. The van der Waals surface area contributed by atoms with Gasteiger partial charge >= 0.3 is 0 Å². The summed E-state index contributed by atoms with van der Waals surface area (Å²) in [5, 5.41) is 1.06. The highest BCUT2D eigenvalue weighted by Gasteiger charge is 2.26. The molecule has 0 radical (unpaired) electrons. The zero-order valence-corrected chi connectivity index (χ0v) is 12.7. The van der Waals surface area contributed by atoms with Crippen molar-refractivity contribution in [3.8, 4) is 0 Å². The zero-order valence-electron chi connectivity index (χ0n) is 11.9. The molecule has 1 aliphatic heterocycles. The number of hydrogen-bond acceptors (Lipinski definition) is 3. The number of carbonyl (C=O) groups is 1. The molecule has 4 heteroatoms. The van der Waals surface area contributed by atoms with Gasteiger partial charge in [-0.3, -0.25) is 4.79 Å². The maximum Gasteiger partial charge on any atom is 0.210 e. The summed E-state index contributed by atoms with van der Waals surface area (Å²) in [7, 11) is 0. The lowest BCUT2D eigenvalue weighted by atomic mass is 9.97. The lowest BCUT2D eigenvalue weighted by molar-refractivity contribution is -0.121. The minimum Gasteiger partial charge on any atom is -0.338 e. The number of hydrogen-bond donors (Lipinski definition) is 0. The predicted molar refractivity (Wildman–Crippen MR) is 79.2 cm³/mol. The van der Waals surface area contributed by atoms with Crippen LogP contribution in [0.25, 0.3) is 0 Å². The van der Waals surface area contributed by atoms with Gasteiger partial charge in [0.25, 0.3) is 0 Å². The first-order valence-corrected chi connectivity index (χ1v) is 7.68. The van der Waals surface area contributed by atoms with Gasteiger partial charge < -0.3 is 4.90 Å². The van der Waals surface area contributed by atoms with Gasteiger partial charge in [0.1, 0.15) is 5.03 Å². The normalized spacial score (nSPS) is 20.4. The zero-order chi connectivity index (χ0) is 13.9. The third-order valence-electron chi connectivity index (χ3n) is 3.24. The largest absolute Gasteiger partial charge is 0.338 e. The highest BCUT2D eigenvalue weighted by molar-refractivity contribution is 8.00. The molecule has 0 saturated carbocycles. The van der Waals surface area contributed by atoms with Crippen molar-refractivity contribution >= 4 is 18.2 Å². The van der Waals surface area contributed by atoms with E-state index in [4.69, 9.17) is 0 Å². The molecule has 2 heterocycles. The fourth-order valence-corrected chi connectivity index (χ4v) is 3.46. The number of amides is 1. The van der Waals surface area contributed by atoms with E-state index in [1.165, 1.54) is 12.0 Å². The fourth-order valence-electron chi connectivity index (χ4n) is 2.45. The summed E-state index contributed by atoms with van der Waals surface area (Å²) < 4.78 is 0.129. The number of nitrogens with zero attached hydrogens (tertiary/aromatic N) is 2. The number of likely N-dealkylation sites (tertiary alicyclic amines) is 1. The van der Waals surface area contributed by atoms with Crippen LogP contribution in [0.3, 0.4) is 0 Å². The molecule has 2 rings (SSSR count). The van der Waals surface area contributed by atoms with Crippen molar-refractivity contribution in [2.75, 3.05) is 6.54 Å². The Hall–Kier alpha value is -1.03. The molecule has 1 fully saturated rings. The molecule has 19 heavy (non-hydrogen) atoms. The van der Waals surface area contributed by atoms with Gasteiger partial charge in [0.05, 0.1) is 6.04 Å². The molecule has 1 aromatic rings. The maximum atomic E-state index is 11.2. The summed E-state index contributed by atoms with van der Waals surface area (Å²) >= 11 is 1.78. The molecule has 0 unspecified atom stereocenters. The molecule has 0 spiro atoms. The van der Waals surface area contributed by atoms with E-state index in [9.17, 15) is 4.79 Å². The number of piperidine rings is 1. The Bertz CT molecular complexity index is 442. The Morgan fingerprint density at radius 2 is 2.21 bits per heavy atom. The van der Waals surface area contributed by atoms with E-state index in [0.29, 0.717) is 0 Å². The van der Waals surface area contributed by atoms with Crippen LogP contribution < -0.4 is 0 Å². The molecule has 1 aliphatic rings. The third-order valence-corrected chi connectivity index (χ3v) is 4.39. The second-order valence-corrected chi connectivity index (χ2v) is 7.78. The third kappa shape index (κ3) is 3.72. The lowest BCUT2D eigenvalue weighted by Crippen LogP contribution is -2.32. The van der Waals surface area contributed by atoms with Gasteiger partial charge in [-0.05, 0) is 25.3 Å². The van der Waals surface area contributed by atoms with Crippen molar-refractivity contribution in [2.45, 2.75) is 55.8 Å². The van der Waals surface area contributed by atoms with Crippen LogP contribution in [0.2, 0.25) is 0 Å². The second kappa shape index (κ2) is 5.95. The summed E-state index contributed by atoms with van der Waals surface area (Å²) in [4.78, 5) is 17.7. The molecular formula is C15H22N2OS. The number of rotatable bonds is 3. The second-order valence-electron chi connectivity index (χ2n) is 5.97. The van der Waals surface area contributed by atoms with E-state index in [1.54, 1.807) is 11.8 Å². The topological polar surface area (TPSA) is 33.2 Å². The molecule has 1 amide bonds. The number of pyridine rings is 1. The van der Waals surface area contributed by atoms with E-state index in [-0.39, 0.29) is 10.8 Å². The Labute approximate surface area is 119 Å². The maximum absolute atomic E-state index is 11.2. The van der Waals surface area contributed by atoms with Crippen LogP contribution >= 0.6 is 11.8 Å². The number of aromatic nitrogens is 1. The molecule has 0 aliphatic carbocycles. The van der Waals surface area contributed by atoms with Crippen LogP contribution in [0.4, 0.5) is 0 Å². The van der Waals surface area contributed by atoms with Gasteiger partial charge in [-0.2, -0.15) is 0 Å². The van der Waals surface area contributed by atoms with E-state index < -0.39 is 0 Å². The van der Waals surface area contributed by atoms with Crippen LogP contribution in [0.1, 0.15) is 51.6 Å². The quantitative estimate of drug-likeness (QED) is 0.625. The van der Waals surface area contributed by atoms with Crippen LogP contribution in [0, 0.1) is 0 Å². The molecule has 0 aromatic carbocycles. The Morgan fingerprint density at radius 3 is 2.89 bits per heavy atom. The minimum atomic E-state index is 0.129. The monoisotopic (exact) mass is 278 g/mol. The van der Waals surface area contributed by atoms with Crippen LogP contribution in [0.5, 0.6) is 0 Å². The number of carbonyl (C=O) groups excluding carboxylic acids is 1. The summed E-state index contributed by atoms with van der Waals surface area (Å²) in [6.07, 6.45) is 6.16. The Morgan fingerprint density at radius 1 is 1.42 bits per heavy atom. The van der Waals surface area contributed by atoms with Crippen LogP contribution in [0.15, 0.2) is 23.4 Å². The average Bonchev–Trinajstić information content (AvgIpc) is 2.37. The van der Waals surface area contributed by atoms with E-state index in [0.717, 1.165) is 30.8 Å². The van der Waals surface area contributed by atoms with E-state index in [1.807, 2.05) is 17.2 Å². The SMILES string of the molecule is CC(C)(C)Sc1ncccc1[C@@H]1CCCCN1C=O. The first kappa shape index (κ1) is 14.4. The molecule has 1 saturated heterocycles. The van der Waals surface area contributed by atoms with E-state index in [2.05, 4.69) is 31.8 Å². The molecule has 1 aromatic heterocycles. The van der Waals surface area contributed by atoms with Gasteiger partial charge in [0.15, 0.2) is 0 Å². The summed E-state index contributed by atoms with van der Waals surface area (Å²) in [5.74, 6) is 0. The van der Waals surface area contributed by atoms with Crippen LogP contribution in [-0.2, 0) is 4.79 Å². The average molecular weight is 278 g/mol. The predicted octanol–water partition coefficient (Wildman–Crippen LogP) is 3.66. The summed E-state index contributed by atoms with van der Waals surface area (Å²) in [6, 6.07) is 4.29. The van der Waals surface area contributed by atoms with Gasteiger partial charge in [-0.15, -0.1) is 11.8 Å². The standard InChI is InChI=1S/C15H22N2OS/c1-15(2,3)19-14-12(7-6-9-16-14)13-8-4-5-10-17(13)11-18/h6-7,9,11,13H,4-5,8,10H2,1-3H3/t13-/m0/s1. The molecular weight excluding hydrogens is 256 g/mol. The van der Waals surface area contributed by atoms with Crippen molar-refractivity contribution in [3.05, 3.63) is 23.9 Å². The highest BCUT2D eigenvalue weighted by Crippen LogP contribution is 2.38. The van der Waals surface area contributed by atoms with Gasteiger partial charge in [0.2, 0.25) is 6.41 Å². The molecule has 1 atom stereocenters. The van der Waals surface area contributed by atoms with Crippen molar-refractivity contribution in [3.63, 3.8) is 0 Å². The molecule has 0 bridgehead atoms. The summed E-state index contributed by atoms with van der Waals surface area (Å²) in [6.45, 7) is 7.43. The first-order valence-electron chi connectivity index (χ1n) is 6.86. The minimum absolute atomic E-state index is 0.129.